The van der Waals surface area contributed by atoms with E-state index in [-0.39, 0.29) is 34.2 Å². The highest BCUT2D eigenvalue weighted by molar-refractivity contribution is 9.10. The topological polar surface area (TPSA) is 86.8 Å². The Hall–Kier alpha value is -1.81. The summed E-state index contributed by atoms with van der Waals surface area (Å²) in [7, 11) is -3.90. The van der Waals surface area contributed by atoms with Crippen molar-refractivity contribution in [3.8, 4) is 0 Å². The van der Waals surface area contributed by atoms with E-state index >= 15 is 0 Å². The number of hydrogen-bond donors (Lipinski definition) is 1. The molecule has 0 saturated carbocycles. The lowest BCUT2D eigenvalue weighted by Gasteiger charge is -2.32. The Balaban J connectivity index is 2.43. The largest absolute Gasteiger partial charge is 0.352 e. The highest BCUT2D eigenvalue weighted by Crippen LogP contribution is 2.31. The molecule has 0 aromatic heterocycles. The molecule has 0 radical (unpaired) electrons. The second-order valence-corrected chi connectivity index (χ2v) is 11.7. The van der Waals surface area contributed by atoms with Gasteiger partial charge in [-0.3, -0.25) is 13.9 Å². The number of nitrogens with zero attached hydrogens (tertiary/aromatic N) is 2. The van der Waals surface area contributed by atoms with Crippen LogP contribution in [0.3, 0.4) is 0 Å². The van der Waals surface area contributed by atoms with Crippen LogP contribution in [0.1, 0.15) is 32.8 Å². The summed E-state index contributed by atoms with van der Waals surface area (Å²) in [6, 6.07) is 10.8. The van der Waals surface area contributed by atoms with Gasteiger partial charge in [0.05, 0.1) is 17.0 Å². The summed E-state index contributed by atoms with van der Waals surface area (Å²) in [5, 5.41) is 3.28. The van der Waals surface area contributed by atoms with Crippen LogP contribution in [0.2, 0.25) is 10.0 Å². The zero-order chi connectivity index (χ0) is 25.6. The fraction of sp³-hybridized carbons (Fsp3) is 0.391. The van der Waals surface area contributed by atoms with Crippen LogP contribution in [-0.4, -0.2) is 50.0 Å². The van der Waals surface area contributed by atoms with E-state index in [0.717, 1.165) is 27.0 Å². The van der Waals surface area contributed by atoms with E-state index in [2.05, 4.69) is 21.2 Å². The van der Waals surface area contributed by atoms with Crippen molar-refractivity contribution in [1.29, 1.82) is 0 Å². The van der Waals surface area contributed by atoms with Crippen LogP contribution in [0, 0.1) is 0 Å². The van der Waals surface area contributed by atoms with Crippen molar-refractivity contribution in [1.82, 2.24) is 10.2 Å². The van der Waals surface area contributed by atoms with Gasteiger partial charge in [0, 0.05) is 22.1 Å². The van der Waals surface area contributed by atoms with E-state index < -0.39 is 28.5 Å². The third kappa shape index (κ3) is 7.86. The normalized spacial score (nSPS) is 13.1. The average Bonchev–Trinajstić information content (AvgIpc) is 2.76. The van der Waals surface area contributed by atoms with Crippen molar-refractivity contribution in [2.45, 2.75) is 45.8 Å². The molecule has 11 heteroatoms. The minimum Gasteiger partial charge on any atom is -0.352 e. The van der Waals surface area contributed by atoms with E-state index in [1.807, 2.05) is 38.1 Å². The van der Waals surface area contributed by atoms with Crippen molar-refractivity contribution >= 4 is 66.7 Å². The summed E-state index contributed by atoms with van der Waals surface area (Å²) in [6.07, 6.45) is 1.71. The van der Waals surface area contributed by atoms with E-state index in [1.54, 1.807) is 6.92 Å². The second kappa shape index (κ2) is 12.2. The highest BCUT2D eigenvalue weighted by atomic mass is 79.9. The Kier molecular flexibility index (Phi) is 10.2. The first-order valence-electron chi connectivity index (χ1n) is 10.6. The van der Waals surface area contributed by atoms with Crippen LogP contribution in [0.25, 0.3) is 0 Å². The number of halogens is 3. The predicted octanol–water partition coefficient (Wildman–Crippen LogP) is 4.85. The molecule has 0 aliphatic rings. The Labute approximate surface area is 219 Å². The molecule has 1 N–H and O–H groups in total. The van der Waals surface area contributed by atoms with E-state index in [4.69, 9.17) is 23.2 Å². The van der Waals surface area contributed by atoms with Crippen LogP contribution in [0.15, 0.2) is 46.9 Å². The lowest BCUT2D eigenvalue weighted by molar-refractivity contribution is -0.139. The van der Waals surface area contributed by atoms with Gasteiger partial charge in [-0.15, -0.1) is 0 Å². The maximum absolute atomic E-state index is 13.5. The van der Waals surface area contributed by atoms with Gasteiger partial charge in [0.25, 0.3) is 0 Å². The third-order valence-electron chi connectivity index (χ3n) is 5.27. The van der Waals surface area contributed by atoms with Crippen molar-refractivity contribution in [2.24, 2.45) is 0 Å². The predicted molar refractivity (Wildman–Crippen MR) is 141 cm³/mol. The molecule has 0 unspecified atom stereocenters. The van der Waals surface area contributed by atoms with Crippen molar-refractivity contribution in [3.05, 3.63) is 62.5 Å². The number of carbonyl (C=O) groups excluding carboxylic acids is 2. The third-order valence-corrected chi connectivity index (χ3v) is 7.44. The van der Waals surface area contributed by atoms with Crippen molar-refractivity contribution in [2.75, 3.05) is 17.1 Å². The molecule has 0 aliphatic heterocycles. The number of rotatable bonds is 10. The van der Waals surface area contributed by atoms with Gasteiger partial charge in [0.2, 0.25) is 21.8 Å². The first-order valence-corrected chi connectivity index (χ1v) is 14.0. The minimum atomic E-state index is -3.90. The number of hydrogen-bond acceptors (Lipinski definition) is 4. The molecule has 2 atom stereocenters. The molecule has 2 aromatic carbocycles. The monoisotopic (exact) mass is 591 g/mol. The summed E-state index contributed by atoms with van der Waals surface area (Å²) < 4.78 is 26.9. The average molecular weight is 593 g/mol. The highest BCUT2D eigenvalue weighted by Gasteiger charge is 2.31. The molecule has 0 fully saturated rings. The number of sulfonamides is 1. The summed E-state index contributed by atoms with van der Waals surface area (Å²) in [6.45, 7) is 4.99. The van der Waals surface area contributed by atoms with Gasteiger partial charge in [-0.25, -0.2) is 8.42 Å². The number of benzene rings is 2. The minimum absolute atomic E-state index is 0.0736. The number of carbonyl (C=O) groups is 2. The molecule has 2 aromatic rings. The zero-order valence-electron chi connectivity index (χ0n) is 19.4. The van der Waals surface area contributed by atoms with E-state index in [0.29, 0.717) is 0 Å². The molecule has 186 valence electrons. The molecule has 0 saturated heterocycles. The lowest BCUT2D eigenvalue weighted by Crippen LogP contribution is -2.52. The molecule has 0 aliphatic carbocycles. The molecule has 0 bridgehead atoms. The molecule has 7 nitrogen and oxygen atoms in total. The lowest BCUT2D eigenvalue weighted by atomic mass is 10.1. The van der Waals surface area contributed by atoms with Gasteiger partial charge in [-0.2, -0.15) is 0 Å². The molecule has 0 heterocycles. The van der Waals surface area contributed by atoms with Gasteiger partial charge in [0.1, 0.15) is 12.6 Å². The van der Waals surface area contributed by atoms with Gasteiger partial charge in [-0.1, -0.05) is 58.2 Å². The van der Waals surface area contributed by atoms with Crippen LogP contribution in [0.4, 0.5) is 5.69 Å². The Morgan fingerprint density at radius 1 is 1.12 bits per heavy atom. The maximum atomic E-state index is 13.5. The molecule has 2 rings (SSSR count). The smallest absolute Gasteiger partial charge is 0.244 e. The van der Waals surface area contributed by atoms with Gasteiger partial charge >= 0.3 is 0 Å². The van der Waals surface area contributed by atoms with Gasteiger partial charge in [-0.05, 0) is 56.2 Å². The maximum Gasteiger partial charge on any atom is 0.244 e. The van der Waals surface area contributed by atoms with Gasteiger partial charge in [0.15, 0.2) is 0 Å². The first kappa shape index (κ1) is 28.4. The van der Waals surface area contributed by atoms with E-state index in [1.165, 1.54) is 23.1 Å². The molecular formula is C23H28BrCl2N3O4S. The zero-order valence-corrected chi connectivity index (χ0v) is 23.3. The SMILES string of the molecule is CC[C@@H](C)NC(=O)[C@@H](C)N(Cc1cccc(Br)c1)C(=O)CN(c1cc(Cl)ccc1Cl)S(C)(=O)=O. The van der Waals surface area contributed by atoms with Crippen LogP contribution < -0.4 is 9.62 Å². The van der Waals surface area contributed by atoms with Crippen LogP contribution in [-0.2, 0) is 26.2 Å². The first-order chi connectivity index (χ1) is 15.8. The fourth-order valence-electron chi connectivity index (χ4n) is 3.15. The van der Waals surface area contributed by atoms with Crippen LogP contribution in [0.5, 0.6) is 0 Å². The Bertz CT molecular complexity index is 1150. The molecular weight excluding hydrogens is 565 g/mol. The summed E-state index contributed by atoms with van der Waals surface area (Å²) in [5.41, 5.74) is 0.863. The van der Waals surface area contributed by atoms with Gasteiger partial charge < -0.3 is 10.2 Å². The van der Waals surface area contributed by atoms with E-state index in [9.17, 15) is 18.0 Å². The second-order valence-electron chi connectivity index (χ2n) is 8.01. The number of nitrogens with one attached hydrogen (secondary N) is 1. The summed E-state index contributed by atoms with van der Waals surface area (Å²) in [5.74, 6) is -0.891. The quantitative estimate of drug-likeness (QED) is 0.427. The van der Waals surface area contributed by atoms with Crippen LogP contribution >= 0.6 is 39.1 Å². The van der Waals surface area contributed by atoms with Crippen molar-refractivity contribution < 1.29 is 18.0 Å². The Morgan fingerprint density at radius 3 is 2.38 bits per heavy atom. The molecule has 34 heavy (non-hydrogen) atoms. The van der Waals surface area contributed by atoms with Crippen molar-refractivity contribution in [3.63, 3.8) is 0 Å². The molecule has 0 spiro atoms. The number of anilines is 1. The number of amides is 2. The summed E-state index contributed by atoms with van der Waals surface area (Å²) >= 11 is 15.7. The summed E-state index contributed by atoms with van der Waals surface area (Å²) in [4.78, 5) is 27.8. The fourth-order valence-corrected chi connectivity index (χ4v) is 4.89. The Morgan fingerprint density at radius 2 is 1.79 bits per heavy atom. The standard InChI is InChI=1S/C23H28BrCl2N3O4S/c1-5-15(2)27-23(31)16(3)28(13-17-7-6-8-18(24)11-17)22(30)14-29(34(4,32)33)21-12-19(25)9-10-20(21)26/h6-12,15-16H,5,13-14H2,1-4H3,(H,27,31)/t15-,16-/m1/s1. The molecule has 2 amide bonds.